The van der Waals surface area contributed by atoms with Gasteiger partial charge in [-0.2, -0.15) is 0 Å². The number of nitrogens with one attached hydrogen (secondary N) is 1. The molecule has 21 heavy (non-hydrogen) atoms. The fraction of sp³-hybridized carbons (Fsp3) is 0.250. The second kappa shape index (κ2) is 5.69. The zero-order valence-corrected chi connectivity index (χ0v) is 12.5. The number of rotatable bonds is 3. The molecule has 3 rings (SSSR count). The molecule has 2 heterocycles. The summed E-state index contributed by atoms with van der Waals surface area (Å²) in [5.74, 6) is -0.0520. The van der Waals surface area contributed by atoms with Gasteiger partial charge in [-0.15, -0.1) is 11.3 Å². The number of thiophene rings is 1. The summed E-state index contributed by atoms with van der Waals surface area (Å²) in [4.78, 5) is 26.6. The Morgan fingerprint density at radius 1 is 1.29 bits per heavy atom. The van der Waals surface area contributed by atoms with Crippen molar-refractivity contribution >= 4 is 28.8 Å². The summed E-state index contributed by atoms with van der Waals surface area (Å²) in [5.41, 5.74) is 2.05. The van der Waals surface area contributed by atoms with Gasteiger partial charge in [0, 0.05) is 18.7 Å². The molecule has 0 radical (unpaired) electrons. The number of carbonyl (C=O) groups is 2. The number of aryl methyl sites for hydroxylation is 1. The van der Waals surface area contributed by atoms with E-state index in [1.54, 1.807) is 11.0 Å². The van der Waals surface area contributed by atoms with E-state index in [-0.39, 0.29) is 17.9 Å². The van der Waals surface area contributed by atoms with Crippen LogP contribution in [0.4, 0.5) is 5.69 Å². The van der Waals surface area contributed by atoms with Crippen LogP contribution in [-0.2, 0) is 4.79 Å². The molecule has 2 aromatic rings. The molecule has 108 valence electrons. The molecule has 0 spiro atoms. The normalized spacial score (nSPS) is 18.0. The lowest BCUT2D eigenvalue weighted by Gasteiger charge is -2.17. The summed E-state index contributed by atoms with van der Waals surface area (Å²) in [5, 5.41) is 4.80. The molecule has 1 N–H and O–H groups in total. The Hall–Kier alpha value is -2.14. The first-order valence-electron chi connectivity index (χ1n) is 6.85. The molecule has 1 saturated heterocycles. The van der Waals surface area contributed by atoms with Gasteiger partial charge in [-0.3, -0.25) is 9.59 Å². The van der Waals surface area contributed by atoms with E-state index in [1.165, 1.54) is 11.3 Å². The van der Waals surface area contributed by atoms with Crippen molar-refractivity contribution in [2.24, 2.45) is 0 Å². The molecular formula is C16H16N2O2S. The minimum atomic E-state index is -0.131. The van der Waals surface area contributed by atoms with Crippen molar-refractivity contribution < 1.29 is 9.59 Å². The molecule has 1 atom stereocenters. The summed E-state index contributed by atoms with van der Waals surface area (Å²) in [7, 11) is 0. The summed E-state index contributed by atoms with van der Waals surface area (Å²) >= 11 is 1.40. The van der Waals surface area contributed by atoms with Crippen molar-refractivity contribution in [3.05, 3.63) is 52.2 Å². The number of anilines is 1. The molecule has 0 aliphatic carbocycles. The minimum absolute atomic E-state index is 0.0512. The SMILES string of the molecule is Cc1ccc(N2C[C@@H](NC(=O)c3cccs3)CC2=O)cc1. The van der Waals surface area contributed by atoms with Gasteiger partial charge in [0.1, 0.15) is 0 Å². The molecular weight excluding hydrogens is 284 g/mol. The predicted octanol–water partition coefficient (Wildman–Crippen LogP) is 2.59. The van der Waals surface area contributed by atoms with Crippen LogP contribution in [-0.4, -0.2) is 24.4 Å². The van der Waals surface area contributed by atoms with Gasteiger partial charge in [0.05, 0.1) is 10.9 Å². The molecule has 1 fully saturated rings. The highest BCUT2D eigenvalue weighted by atomic mass is 32.1. The van der Waals surface area contributed by atoms with Gasteiger partial charge < -0.3 is 10.2 Å². The van der Waals surface area contributed by atoms with Gasteiger partial charge in [-0.25, -0.2) is 0 Å². The maximum atomic E-state index is 12.1. The highest BCUT2D eigenvalue weighted by Crippen LogP contribution is 2.22. The third-order valence-corrected chi connectivity index (χ3v) is 4.42. The van der Waals surface area contributed by atoms with E-state index in [0.717, 1.165) is 11.3 Å². The van der Waals surface area contributed by atoms with Gasteiger partial charge in [-0.05, 0) is 30.5 Å². The first kappa shape index (κ1) is 13.8. The lowest BCUT2D eigenvalue weighted by Crippen LogP contribution is -2.36. The zero-order valence-electron chi connectivity index (χ0n) is 11.7. The standard InChI is InChI=1S/C16H16N2O2S/c1-11-4-6-13(7-5-11)18-10-12(9-15(18)19)17-16(20)14-3-2-8-21-14/h2-8,12H,9-10H2,1H3,(H,17,20)/t12-/m0/s1. The Balaban J connectivity index is 1.67. The quantitative estimate of drug-likeness (QED) is 0.947. The predicted molar refractivity (Wildman–Crippen MR) is 83.7 cm³/mol. The van der Waals surface area contributed by atoms with Crippen molar-refractivity contribution in [3.8, 4) is 0 Å². The smallest absolute Gasteiger partial charge is 0.261 e. The van der Waals surface area contributed by atoms with Crippen molar-refractivity contribution in [1.29, 1.82) is 0 Å². The highest BCUT2D eigenvalue weighted by molar-refractivity contribution is 7.12. The van der Waals surface area contributed by atoms with E-state index in [9.17, 15) is 9.59 Å². The molecule has 5 heteroatoms. The van der Waals surface area contributed by atoms with Crippen molar-refractivity contribution in [3.63, 3.8) is 0 Å². The zero-order chi connectivity index (χ0) is 14.8. The summed E-state index contributed by atoms with van der Waals surface area (Å²) in [6, 6.07) is 11.4. The third-order valence-electron chi connectivity index (χ3n) is 3.55. The first-order chi connectivity index (χ1) is 10.1. The average molecular weight is 300 g/mol. The molecule has 1 aromatic carbocycles. The van der Waals surface area contributed by atoms with Crippen LogP contribution >= 0.6 is 11.3 Å². The van der Waals surface area contributed by atoms with Crippen molar-refractivity contribution in [2.75, 3.05) is 11.4 Å². The number of hydrogen-bond donors (Lipinski definition) is 1. The largest absolute Gasteiger partial charge is 0.346 e. The molecule has 1 aliphatic heterocycles. The second-order valence-electron chi connectivity index (χ2n) is 5.19. The minimum Gasteiger partial charge on any atom is -0.346 e. The molecule has 0 saturated carbocycles. The Bertz CT molecular complexity index is 649. The fourth-order valence-corrected chi connectivity index (χ4v) is 3.07. The van der Waals surface area contributed by atoms with Crippen LogP contribution in [0.15, 0.2) is 41.8 Å². The second-order valence-corrected chi connectivity index (χ2v) is 6.14. The number of amides is 2. The van der Waals surface area contributed by atoms with Crippen LogP contribution in [0.2, 0.25) is 0 Å². The fourth-order valence-electron chi connectivity index (χ4n) is 2.44. The van der Waals surface area contributed by atoms with Gasteiger partial charge >= 0.3 is 0 Å². The summed E-state index contributed by atoms with van der Waals surface area (Å²) < 4.78 is 0. The van der Waals surface area contributed by atoms with Crippen LogP contribution < -0.4 is 10.2 Å². The number of benzene rings is 1. The van der Waals surface area contributed by atoms with E-state index < -0.39 is 0 Å². The molecule has 0 unspecified atom stereocenters. The third kappa shape index (κ3) is 2.97. The van der Waals surface area contributed by atoms with Gasteiger partial charge in [0.25, 0.3) is 5.91 Å². The topological polar surface area (TPSA) is 49.4 Å². The number of nitrogens with zero attached hydrogens (tertiary/aromatic N) is 1. The van der Waals surface area contributed by atoms with Crippen LogP contribution in [0.5, 0.6) is 0 Å². The Morgan fingerprint density at radius 2 is 2.05 bits per heavy atom. The van der Waals surface area contributed by atoms with Crippen LogP contribution in [0, 0.1) is 6.92 Å². The number of hydrogen-bond acceptors (Lipinski definition) is 3. The highest BCUT2D eigenvalue weighted by Gasteiger charge is 2.31. The molecule has 0 bridgehead atoms. The van der Waals surface area contributed by atoms with E-state index in [0.29, 0.717) is 17.8 Å². The summed E-state index contributed by atoms with van der Waals surface area (Å²) in [6.07, 6.45) is 0.352. The van der Waals surface area contributed by atoms with E-state index in [1.807, 2.05) is 42.6 Å². The van der Waals surface area contributed by atoms with E-state index in [2.05, 4.69) is 5.32 Å². The monoisotopic (exact) mass is 300 g/mol. The molecule has 1 aromatic heterocycles. The Labute approximate surface area is 127 Å². The van der Waals surface area contributed by atoms with Crippen molar-refractivity contribution in [2.45, 2.75) is 19.4 Å². The molecule has 4 nitrogen and oxygen atoms in total. The van der Waals surface area contributed by atoms with Crippen LogP contribution in [0.25, 0.3) is 0 Å². The van der Waals surface area contributed by atoms with Gasteiger partial charge in [-0.1, -0.05) is 23.8 Å². The van der Waals surface area contributed by atoms with Gasteiger partial charge in [0.2, 0.25) is 5.91 Å². The van der Waals surface area contributed by atoms with Crippen LogP contribution in [0.1, 0.15) is 21.7 Å². The number of carbonyl (C=O) groups excluding carboxylic acids is 2. The first-order valence-corrected chi connectivity index (χ1v) is 7.73. The molecule has 2 amide bonds. The maximum absolute atomic E-state index is 12.1. The average Bonchev–Trinajstić information content (AvgIpc) is 3.10. The summed E-state index contributed by atoms with van der Waals surface area (Å²) in [6.45, 7) is 2.54. The Kier molecular flexibility index (Phi) is 3.75. The van der Waals surface area contributed by atoms with Crippen molar-refractivity contribution in [1.82, 2.24) is 5.32 Å². The lowest BCUT2D eigenvalue weighted by atomic mass is 10.2. The Morgan fingerprint density at radius 3 is 2.71 bits per heavy atom. The van der Waals surface area contributed by atoms with E-state index >= 15 is 0 Å². The lowest BCUT2D eigenvalue weighted by molar-refractivity contribution is -0.117. The molecule has 1 aliphatic rings. The van der Waals surface area contributed by atoms with Gasteiger partial charge in [0.15, 0.2) is 0 Å². The van der Waals surface area contributed by atoms with Crippen LogP contribution in [0.3, 0.4) is 0 Å². The van der Waals surface area contributed by atoms with E-state index in [4.69, 9.17) is 0 Å². The maximum Gasteiger partial charge on any atom is 0.261 e.